The third-order valence-electron chi connectivity index (χ3n) is 3.92. The second-order valence-electron chi connectivity index (χ2n) is 5.45. The van der Waals surface area contributed by atoms with Crippen molar-refractivity contribution in [1.82, 2.24) is 15.4 Å². The van der Waals surface area contributed by atoms with Crippen LogP contribution in [0.15, 0.2) is 24.4 Å². The molecular weight excluding hydrogens is 266 g/mol. The van der Waals surface area contributed by atoms with Crippen LogP contribution >= 0.6 is 0 Å². The number of aromatic amines is 1. The lowest BCUT2D eigenvalue weighted by Gasteiger charge is -2.26. The van der Waals surface area contributed by atoms with Gasteiger partial charge in [0.1, 0.15) is 0 Å². The van der Waals surface area contributed by atoms with Gasteiger partial charge in [-0.2, -0.15) is 0 Å². The summed E-state index contributed by atoms with van der Waals surface area (Å²) in [6, 6.07) is 6.25. The molecule has 1 aromatic carbocycles. The minimum absolute atomic E-state index is 0.0684. The maximum atomic E-state index is 12.0. The molecule has 0 radical (unpaired) electrons. The highest BCUT2D eigenvalue weighted by Gasteiger charge is 2.13. The van der Waals surface area contributed by atoms with Crippen LogP contribution in [0.3, 0.4) is 0 Å². The van der Waals surface area contributed by atoms with E-state index in [0.717, 1.165) is 19.5 Å². The molecule has 112 valence electrons. The van der Waals surface area contributed by atoms with Crippen LogP contribution in [0.4, 0.5) is 0 Å². The Hall–Kier alpha value is -1.85. The van der Waals surface area contributed by atoms with E-state index in [1.807, 2.05) is 11.2 Å². The molecule has 21 heavy (non-hydrogen) atoms. The molecule has 2 N–H and O–H groups in total. The molecule has 5 heteroatoms. The number of benzene rings is 1. The first kappa shape index (κ1) is 14.1. The number of carbonyl (C=O) groups is 1. The van der Waals surface area contributed by atoms with Gasteiger partial charge in [0.25, 0.3) is 0 Å². The lowest BCUT2D eigenvalue weighted by atomic mass is 10.1. The minimum Gasteiger partial charge on any atom is -0.379 e. The molecule has 0 aliphatic carbocycles. The predicted octanol–water partition coefficient (Wildman–Crippen LogP) is 1.77. The SMILES string of the molecule is Cc1cccc2c(CCC(=O)NN3CCOCC3)c[nH]c12. The summed E-state index contributed by atoms with van der Waals surface area (Å²) in [4.78, 5) is 15.3. The van der Waals surface area contributed by atoms with Gasteiger partial charge in [-0.3, -0.25) is 10.2 Å². The molecule has 0 unspecified atom stereocenters. The number of carbonyl (C=O) groups excluding carboxylic acids is 1. The number of nitrogens with one attached hydrogen (secondary N) is 2. The molecule has 1 aromatic heterocycles. The number of rotatable bonds is 4. The van der Waals surface area contributed by atoms with E-state index in [9.17, 15) is 4.79 Å². The standard InChI is InChI=1S/C16H21N3O2/c1-12-3-2-4-14-13(11-17-16(12)14)5-6-15(20)18-19-7-9-21-10-8-19/h2-4,11,17H,5-10H2,1H3,(H,18,20). The summed E-state index contributed by atoms with van der Waals surface area (Å²) >= 11 is 0. The van der Waals surface area contributed by atoms with Gasteiger partial charge < -0.3 is 9.72 Å². The van der Waals surface area contributed by atoms with Crippen molar-refractivity contribution in [1.29, 1.82) is 0 Å². The number of morpholine rings is 1. The average Bonchev–Trinajstić information content (AvgIpc) is 2.91. The van der Waals surface area contributed by atoms with E-state index < -0.39 is 0 Å². The number of nitrogens with zero attached hydrogens (tertiary/aromatic N) is 1. The smallest absolute Gasteiger partial charge is 0.234 e. The number of H-pyrrole nitrogens is 1. The van der Waals surface area contributed by atoms with Crippen molar-refractivity contribution < 1.29 is 9.53 Å². The van der Waals surface area contributed by atoms with E-state index in [1.54, 1.807) is 0 Å². The zero-order valence-electron chi connectivity index (χ0n) is 12.3. The summed E-state index contributed by atoms with van der Waals surface area (Å²) in [5.41, 5.74) is 6.55. The normalized spacial score (nSPS) is 16.2. The summed E-state index contributed by atoms with van der Waals surface area (Å²) in [5.74, 6) is 0.0684. The van der Waals surface area contributed by atoms with E-state index in [0.29, 0.717) is 19.6 Å². The highest BCUT2D eigenvalue weighted by molar-refractivity contribution is 5.86. The van der Waals surface area contributed by atoms with Crippen molar-refractivity contribution in [2.45, 2.75) is 19.8 Å². The van der Waals surface area contributed by atoms with Gasteiger partial charge in [0.05, 0.1) is 13.2 Å². The number of aromatic nitrogens is 1. The Morgan fingerprint density at radius 1 is 1.38 bits per heavy atom. The molecule has 1 fully saturated rings. The highest BCUT2D eigenvalue weighted by Crippen LogP contribution is 2.22. The molecule has 1 amide bonds. The lowest BCUT2D eigenvalue weighted by molar-refractivity contribution is -0.127. The van der Waals surface area contributed by atoms with Crippen LogP contribution in [-0.4, -0.2) is 42.2 Å². The quantitative estimate of drug-likeness (QED) is 0.901. The van der Waals surface area contributed by atoms with Crippen molar-refractivity contribution in [3.05, 3.63) is 35.5 Å². The van der Waals surface area contributed by atoms with Gasteiger partial charge in [0.15, 0.2) is 0 Å². The molecule has 2 aromatic rings. The lowest BCUT2D eigenvalue weighted by Crippen LogP contribution is -2.48. The molecule has 0 spiro atoms. The van der Waals surface area contributed by atoms with Crippen LogP contribution in [0.2, 0.25) is 0 Å². The van der Waals surface area contributed by atoms with E-state index in [2.05, 4.69) is 35.5 Å². The first-order valence-corrected chi connectivity index (χ1v) is 7.42. The van der Waals surface area contributed by atoms with Crippen molar-refractivity contribution >= 4 is 16.8 Å². The second-order valence-corrected chi connectivity index (χ2v) is 5.45. The number of fused-ring (bicyclic) bond motifs is 1. The Bertz CT molecular complexity index is 629. The van der Waals surface area contributed by atoms with Crippen LogP contribution in [-0.2, 0) is 16.0 Å². The summed E-state index contributed by atoms with van der Waals surface area (Å²) in [6.07, 6.45) is 3.26. The van der Waals surface area contributed by atoms with Gasteiger partial charge in [0.2, 0.25) is 5.91 Å². The molecule has 1 aliphatic rings. The van der Waals surface area contributed by atoms with E-state index >= 15 is 0 Å². The van der Waals surface area contributed by atoms with Gasteiger partial charge in [-0.15, -0.1) is 0 Å². The zero-order chi connectivity index (χ0) is 14.7. The van der Waals surface area contributed by atoms with Gasteiger partial charge in [-0.1, -0.05) is 18.2 Å². The van der Waals surface area contributed by atoms with Crippen molar-refractivity contribution in [3.8, 4) is 0 Å². The number of aryl methyl sites for hydroxylation is 2. The first-order valence-electron chi connectivity index (χ1n) is 7.42. The Kier molecular flexibility index (Phi) is 4.22. The maximum absolute atomic E-state index is 12.0. The average molecular weight is 287 g/mol. The van der Waals surface area contributed by atoms with Crippen molar-refractivity contribution in [3.63, 3.8) is 0 Å². The van der Waals surface area contributed by atoms with Crippen LogP contribution in [0.5, 0.6) is 0 Å². The van der Waals surface area contributed by atoms with Crippen LogP contribution in [0.25, 0.3) is 10.9 Å². The monoisotopic (exact) mass is 287 g/mol. The number of hydrogen-bond donors (Lipinski definition) is 2. The fraction of sp³-hybridized carbons (Fsp3) is 0.438. The molecular formula is C16H21N3O2. The Labute approximate surface area is 124 Å². The molecule has 0 atom stereocenters. The predicted molar refractivity (Wildman–Crippen MR) is 81.9 cm³/mol. The Morgan fingerprint density at radius 3 is 3.00 bits per heavy atom. The van der Waals surface area contributed by atoms with E-state index in [1.165, 1.54) is 22.0 Å². The first-order chi connectivity index (χ1) is 10.2. The number of hydrogen-bond acceptors (Lipinski definition) is 3. The summed E-state index contributed by atoms with van der Waals surface area (Å²) in [6.45, 7) is 4.98. The fourth-order valence-electron chi connectivity index (χ4n) is 2.73. The molecule has 1 saturated heterocycles. The topological polar surface area (TPSA) is 57.4 Å². The number of ether oxygens (including phenoxy) is 1. The Morgan fingerprint density at radius 2 is 2.19 bits per heavy atom. The van der Waals surface area contributed by atoms with Crippen LogP contribution < -0.4 is 5.43 Å². The van der Waals surface area contributed by atoms with Crippen molar-refractivity contribution in [2.75, 3.05) is 26.3 Å². The van der Waals surface area contributed by atoms with Gasteiger partial charge in [-0.25, -0.2) is 5.01 Å². The molecule has 0 saturated carbocycles. The number of para-hydroxylation sites is 1. The minimum atomic E-state index is 0.0684. The van der Waals surface area contributed by atoms with Gasteiger partial charge >= 0.3 is 0 Å². The van der Waals surface area contributed by atoms with Crippen LogP contribution in [0.1, 0.15) is 17.5 Å². The number of amides is 1. The van der Waals surface area contributed by atoms with Crippen LogP contribution in [0, 0.1) is 6.92 Å². The van der Waals surface area contributed by atoms with Gasteiger partial charge in [0, 0.05) is 36.6 Å². The number of hydrazine groups is 1. The molecule has 3 rings (SSSR count). The zero-order valence-corrected chi connectivity index (χ0v) is 12.3. The molecule has 5 nitrogen and oxygen atoms in total. The summed E-state index contributed by atoms with van der Waals surface area (Å²) < 4.78 is 5.26. The van der Waals surface area contributed by atoms with Crippen molar-refractivity contribution in [2.24, 2.45) is 0 Å². The molecule has 0 bridgehead atoms. The fourth-order valence-corrected chi connectivity index (χ4v) is 2.73. The molecule has 1 aliphatic heterocycles. The Balaban J connectivity index is 1.58. The van der Waals surface area contributed by atoms with E-state index in [4.69, 9.17) is 4.74 Å². The molecule has 2 heterocycles. The van der Waals surface area contributed by atoms with E-state index in [-0.39, 0.29) is 5.91 Å². The second kappa shape index (κ2) is 6.28. The third-order valence-corrected chi connectivity index (χ3v) is 3.92. The summed E-state index contributed by atoms with van der Waals surface area (Å²) in [7, 11) is 0. The highest BCUT2D eigenvalue weighted by atomic mass is 16.5. The maximum Gasteiger partial charge on any atom is 0.234 e. The largest absolute Gasteiger partial charge is 0.379 e. The third kappa shape index (κ3) is 3.25. The van der Waals surface area contributed by atoms with Gasteiger partial charge in [-0.05, 0) is 24.5 Å². The summed E-state index contributed by atoms with van der Waals surface area (Å²) in [5, 5.41) is 3.15.